The molecule has 0 aliphatic carbocycles. The molecule has 0 saturated heterocycles. The van der Waals surface area contributed by atoms with E-state index in [1.807, 2.05) is 0 Å². The highest BCUT2D eigenvalue weighted by atomic mass is 35.5. The van der Waals surface area contributed by atoms with Gasteiger partial charge in [-0.3, -0.25) is 9.35 Å². The second kappa shape index (κ2) is 4.64. The Bertz CT molecular complexity index is 428. The lowest BCUT2D eigenvalue weighted by Gasteiger charge is -1.90. The minimum absolute atomic E-state index is 0. The van der Waals surface area contributed by atoms with Gasteiger partial charge in [0.2, 0.25) is 11.0 Å². The first kappa shape index (κ1) is 13.2. The van der Waals surface area contributed by atoms with E-state index in [4.69, 9.17) is 4.55 Å². The van der Waals surface area contributed by atoms with Gasteiger partial charge in [-0.15, -0.1) is 22.6 Å². The highest BCUT2D eigenvalue weighted by Gasteiger charge is 2.16. The van der Waals surface area contributed by atoms with Crippen LogP contribution in [0.25, 0.3) is 0 Å². The summed E-state index contributed by atoms with van der Waals surface area (Å²) in [6.45, 7) is 1.24. The molecule has 0 spiro atoms. The van der Waals surface area contributed by atoms with Crippen molar-refractivity contribution in [2.75, 3.05) is 5.32 Å². The molecule has 0 aliphatic heterocycles. The molecule has 2 N–H and O–H groups in total. The van der Waals surface area contributed by atoms with E-state index in [1.54, 1.807) is 0 Å². The third-order valence-corrected chi connectivity index (χ3v) is 2.95. The van der Waals surface area contributed by atoms with Crippen LogP contribution in [0.2, 0.25) is 0 Å². The van der Waals surface area contributed by atoms with Crippen LogP contribution in [0.5, 0.6) is 0 Å². The number of aromatic nitrogens is 2. The second-order valence-corrected chi connectivity index (χ2v) is 4.60. The van der Waals surface area contributed by atoms with Gasteiger partial charge in [-0.25, -0.2) is 0 Å². The normalized spacial score (nSPS) is 10.4. The molecule has 1 aromatic heterocycles. The zero-order valence-corrected chi connectivity index (χ0v) is 9.24. The zero-order valence-electron chi connectivity index (χ0n) is 6.79. The minimum Gasteiger partial charge on any atom is -0.301 e. The van der Waals surface area contributed by atoms with Crippen LogP contribution in [0.3, 0.4) is 0 Å². The lowest BCUT2D eigenvalue weighted by molar-refractivity contribution is -0.114. The number of rotatable bonds is 2. The molecular formula is C4H6ClN3O4S2. The Balaban J connectivity index is 0.00000169. The first-order chi connectivity index (χ1) is 5.89. The van der Waals surface area contributed by atoms with E-state index in [0.29, 0.717) is 11.3 Å². The van der Waals surface area contributed by atoms with Crippen LogP contribution in [0.4, 0.5) is 5.13 Å². The maximum Gasteiger partial charge on any atom is 0.324 e. The van der Waals surface area contributed by atoms with Crippen molar-refractivity contribution in [3.63, 3.8) is 0 Å². The van der Waals surface area contributed by atoms with E-state index in [0.717, 1.165) is 0 Å². The zero-order chi connectivity index (χ0) is 10.1. The lowest BCUT2D eigenvalue weighted by Crippen LogP contribution is -2.04. The fourth-order valence-corrected chi connectivity index (χ4v) is 1.84. The molecule has 0 atom stereocenters. The van der Waals surface area contributed by atoms with Gasteiger partial charge in [0.15, 0.2) is 0 Å². The van der Waals surface area contributed by atoms with Gasteiger partial charge >= 0.3 is 10.1 Å². The smallest absolute Gasteiger partial charge is 0.301 e. The van der Waals surface area contributed by atoms with Gasteiger partial charge in [0.05, 0.1) is 0 Å². The van der Waals surface area contributed by atoms with Gasteiger partial charge in [0, 0.05) is 6.92 Å². The summed E-state index contributed by atoms with van der Waals surface area (Å²) < 4.78 is 28.9. The number of carbonyl (C=O) groups is 1. The number of hydrogen-bond donors (Lipinski definition) is 2. The van der Waals surface area contributed by atoms with Gasteiger partial charge in [-0.1, -0.05) is 11.3 Å². The number of nitrogens with one attached hydrogen (secondary N) is 1. The molecule has 0 radical (unpaired) electrons. The molecule has 80 valence electrons. The summed E-state index contributed by atoms with van der Waals surface area (Å²) in [6, 6.07) is 0. The van der Waals surface area contributed by atoms with Crippen LogP contribution in [0, 0.1) is 0 Å². The van der Waals surface area contributed by atoms with Crippen molar-refractivity contribution < 1.29 is 17.8 Å². The topological polar surface area (TPSA) is 109 Å². The van der Waals surface area contributed by atoms with Crippen molar-refractivity contribution in [3.8, 4) is 0 Å². The Labute approximate surface area is 89.7 Å². The minimum atomic E-state index is -4.32. The Kier molecular flexibility index (Phi) is 4.39. The van der Waals surface area contributed by atoms with Crippen molar-refractivity contribution >= 4 is 44.9 Å². The largest absolute Gasteiger partial charge is 0.324 e. The van der Waals surface area contributed by atoms with Crippen molar-refractivity contribution in [2.24, 2.45) is 0 Å². The van der Waals surface area contributed by atoms with E-state index in [1.165, 1.54) is 6.92 Å². The highest BCUT2D eigenvalue weighted by molar-refractivity contribution is 7.88. The van der Waals surface area contributed by atoms with Crippen LogP contribution >= 0.6 is 23.7 Å². The van der Waals surface area contributed by atoms with Gasteiger partial charge in [0.1, 0.15) is 0 Å². The molecule has 10 heteroatoms. The lowest BCUT2D eigenvalue weighted by atomic mass is 10.7. The fourth-order valence-electron chi connectivity index (χ4n) is 0.515. The molecule has 0 aliphatic rings. The van der Waals surface area contributed by atoms with Gasteiger partial charge < -0.3 is 5.32 Å². The number of nitrogens with zero attached hydrogens (tertiary/aromatic N) is 2. The predicted molar refractivity (Wildman–Crippen MR) is 51.3 cm³/mol. The van der Waals surface area contributed by atoms with Crippen molar-refractivity contribution in [3.05, 3.63) is 0 Å². The average Bonchev–Trinajstić information content (AvgIpc) is 2.32. The quantitative estimate of drug-likeness (QED) is 0.579. The summed E-state index contributed by atoms with van der Waals surface area (Å²) in [4.78, 5) is 10.5. The maximum atomic E-state index is 10.5. The van der Waals surface area contributed by atoms with Crippen LogP contribution in [0.15, 0.2) is 4.34 Å². The third kappa shape index (κ3) is 3.54. The molecule has 14 heavy (non-hydrogen) atoms. The molecule has 0 unspecified atom stereocenters. The molecule has 0 aromatic carbocycles. The first-order valence-electron chi connectivity index (χ1n) is 2.98. The molecular weight excluding hydrogens is 254 g/mol. The highest BCUT2D eigenvalue weighted by Crippen LogP contribution is 2.18. The summed E-state index contributed by atoms with van der Waals surface area (Å²) in [5, 5.41) is 8.73. The summed E-state index contributed by atoms with van der Waals surface area (Å²) >= 11 is 0.576. The SMILES string of the molecule is CC(=O)Nc1nnc(S(=O)(=O)O)s1.Cl. The Morgan fingerprint density at radius 1 is 1.50 bits per heavy atom. The van der Waals surface area contributed by atoms with Crippen LogP contribution in [-0.4, -0.2) is 29.1 Å². The molecule has 1 aromatic rings. The van der Waals surface area contributed by atoms with E-state index >= 15 is 0 Å². The third-order valence-electron chi connectivity index (χ3n) is 0.910. The number of hydrogen-bond acceptors (Lipinski definition) is 6. The van der Waals surface area contributed by atoms with Gasteiger partial charge in [-0.2, -0.15) is 8.42 Å². The number of anilines is 1. The second-order valence-electron chi connectivity index (χ2n) is 2.03. The summed E-state index contributed by atoms with van der Waals surface area (Å²) in [5.41, 5.74) is 0. The molecule has 1 rings (SSSR count). The number of carbonyl (C=O) groups excluding carboxylic acids is 1. The fraction of sp³-hybridized carbons (Fsp3) is 0.250. The van der Waals surface area contributed by atoms with E-state index in [-0.39, 0.29) is 17.5 Å². The van der Waals surface area contributed by atoms with Gasteiger partial charge in [-0.05, 0) is 0 Å². The van der Waals surface area contributed by atoms with Crippen molar-refractivity contribution in [1.82, 2.24) is 10.2 Å². The molecule has 1 heterocycles. The van der Waals surface area contributed by atoms with E-state index in [9.17, 15) is 13.2 Å². The summed E-state index contributed by atoms with van der Waals surface area (Å²) in [5.74, 6) is -0.391. The predicted octanol–water partition coefficient (Wildman–Crippen LogP) is 0.165. The number of amides is 1. The molecule has 0 bridgehead atoms. The number of halogens is 1. The van der Waals surface area contributed by atoms with Crippen LogP contribution in [-0.2, 0) is 14.9 Å². The molecule has 0 fully saturated rings. The maximum absolute atomic E-state index is 10.5. The summed E-state index contributed by atoms with van der Waals surface area (Å²) in [6.07, 6.45) is 0. The standard InChI is InChI=1S/C4H5N3O4S2.ClH/c1-2(8)5-3-6-7-4(12-3)13(9,10)11;/h1H3,(H,5,6,8)(H,9,10,11);1H. The molecule has 0 saturated carbocycles. The van der Waals surface area contributed by atoms with Crippen LogP contribution < -0.4 is 5.32 Å². The van der Waals surface area contributed by atoms with E-state index < -0.39 is 20.4 Å². The van der Waals surface area contributed by atoms with Gasteiger partial charge in [0.25, 0.3) is 4.34 Å². The molecule has 7 nitrogen and oxygen atoms in total. The van der Waals surface area contributed by atoms with Crippen molar-refractivity contribution in [1.29, 1.82) is 0 Å². The van der Waals surface area contributed by atoms with E-state index in [2.05, 4.69) is 15.5 Å². The first-order valence-corrected chi connectivity index (χ1v) is 5.24. The van der Waals surface area contributed by atoms with Crippen LogP contribution in [0.1, 0.15) is 6.92 Å². The Morgan fingerprint density at radius 3 is 2.43 bits per heavy atom. The average molecular weight is 260 g/mol. The Morgan fingerprint density at radius 2 is 2.07 bits per heavy atom. The molecule has 1 amide bonds. The monoisotopic (exact) mass is 259 g/mol. The summed E-state index contributed by atoms with van der Waals surface area (Å²) in [7, 11) is -4.32. The van der Waals surface area contributed by atoms with Crippen molar-refractivity contribution in [2.45, 2.75) is 11.3 Å². The Hall–Kier alpha value is -0.770.